The maximum atomic E-state index is 12.0. The second-order valence-electron chi connectivity index (χ2n) is 4.69. The molecule has 2 heterocycles. The highest BCUT2D eigenvalue weighted by molar-refractivity contribution is 5.30. The summed E-state index contributed by atoms with van der Waals surface area (Å²) in [5.74, 6) is 0.928. The molecule has 1 unspecified atom stereocenters. The van der Waals surface area contributed by atoms with Crippen LogP contribution in [-0.4, -0.2) is 29.3 Å². The Morgan fingerprint density at radius 3 is 3.12 bits per heavy atom. The molecule has 0 bridgehead atoms. The van der Waals surface area contributed by atoms with Crippen molar-refractivity contribution in [2.45, 2.75) is 26.3 Å². The highest BCUT2D eigenvalue weighted by Crippen LogP contribution is 2.12. The van der Waals surface area contributed by atoms with Crippen LogP contribution in [0.25, 0.3) is 0 Å². The first kappa shape index (κ1) is 12.1. The van der Waals surface area contributed by atoms with E-state index in [-0.39, 0.29) is 11.6 Å². The molecule has 0 aliphatic carbocycles. The van der Waals surface area contributed by atoms with Gasteiger partial charge in [0, 0.05) is 37.5 Å². The summed E-state index contributed by atoms with van der Waals surface area (Å²) in [4.78, 5) is 16.1. The maximum Gasteiger partial charge on any atom is 0.293 e. The van der Waals surface area contributed by atoms with Crippen LogP contribution in [0.4, 0.5) is 5.82 Å². The molecule has 5 heteroatoms. The summed E-state index contributed by atoms with van der Waals surface area (Å²) >= 11 is 0. The van der Waals surface area contributed by atoms with Crippen molar-refractivity contribution in [2.24, 2.45) is 5.92 Å². The predicted octanol–water partition coefficient (Wildman–Crippen LogP) is 1.27. The lowest BCUT2D eigenvalue weighted by Crippen LogP contribution is -2.27. The van der Waals surface area contributed by atoms with Gasteiger partial charge in [-0.15, -0.1) is 0 Å². The largest absolute Gasteiger partial charge is 0.381 e. The first-order valence-corrected chi connectivity index (χ1v) is 6.07. The van der Waals surface area contributed by atoms with E-state index in [4.69, 9.17) is 4.74 Å². The molecular weight excluding hydrogens is 218 g/mol. The average Bonchev–Trinajstić information content (AvgIpc) is 2.80. The molecule has 0 spiro atoms. The van der Waals surface area contributed by atoms with E-state index in [0.29, 0.717) is 11.7 Å². The fourth-order valence-electron chi connectivity index (χ4n) is 1.94. The Morgan fingerprint density at radius 1 is 1.65 bits per heavy atom. The zero-order valence-electron chi connectivity index (χ0n) is 10.3. The minimum atomic E-state index is -0.0542. The number of hydrogen-bond donors (Lipinski definition) is 1. The van der Waals surface area contributed by atoms with Gasteiger partial charge in [0.05, 0.1) is 6.61 Å². The quantitative estimate of drug-likeness (QED) is 0.857. The zero-order chi connectivity index (χ0) is 12.3. The highest BCUT2D eigenvalue weighted by atomic mass is 16.5. The van der Waals surface area contributed by atoms with Crippen LogP contribution in [0.3, 0.4) is 0 Å². The van der Waals surface area contributed by atoms with E-state index in [1.807, 2.05) is 13.8 Å². The first-order valence-electron chi connectivity index (χ1n) is 6.07. The molecule has 5 nitrogen and oxygen atoms in total. The van der Waals surface area contributed by atoms with Gasteiger partial charge in [0.1, 0.15) is 0 Å². The van der Waals surface area contributed by atoms with Crippen molar-refractivity contribution < 1.29 is 4.74 Å². The topological polar surface area (TPSA) is 56.1 Å². The van der Waals surface area contributed by atoms with E-state index < -0.39 is 0 Å². The van der Waals surface area contributed by atoms with Crippen LogP contribution >= 0.6 is 0 Å². The van der Waals surface area contributed by atoms with Gasteiger partial charge in [-0.25, -0.2) is 4.98 Å². The summed E-state index contributed by atoms with van der Waals surface area (Å²) in [6.45, 7) is 6.32. The summed E-state index contributed by atoms with van der Waals surface area (Å²) < 4.78 is 6.97. The third-order valence-corrected chi connectivity index (χ3v) is 3.01. The number of rotatable bonds is 4. The van der Waals surface area contributed by atoms with Gasteiger partial charge in [-0.1, -0.05) is 0 Å². The van der Waals surface area contributed by atoms with E-state index >= 15 is 0 Å². The van der Waals surface area contributed by atoms with Crippen molar-refractivity contribution in [3.05, 3.63) is 22.7 Å². The van der Waals surface area contributed by atoms with Gasteiger partial charge in [-0.05, 0) is 20.3 Å². The van der Waals surface area contributed by atoms with Gasteiger partial charge in [0.15, 0.2) is 5.82 Å². The Bertz CT molecular complexity index is 422. The number of hydrogen-bond acceptors (Lipinski definition) is 4. The molecule has 1 aromatic rings. The first-order chi connectivity index (χ1) is 8.18. The van der Waals surface area contributed by atoms with E-state index in [9.17, 15) is 4.79 Å². The van der Waals surface area contributed by atoms with Gasteiger partial charge in [0.25, 0.3) is 5.56 Å². The van der Waals surface area contributed by atoms with Crippen LogP contribution in [0.1, 0.15) is 26.3 Å². The van der Waals surface area contributed by atoms with Crippen molar-refractivity contribution >= 4 is 5.82 Å². The third kappa shape index (κ3) is 2.85. The van der Waals surface area contributed by atoms with Crippen LogP contribution in [0.15, 0.2) is 17.2 Å². The molecule has 1 aliphatic rings. The van der Waals surface area contributed by atoms with E-state index in [1.54, 1.807) is 17.0 Å². The molecule has 1 saturated heterocycles. The molecule has 0 radical (unpaired) electrons. The summed E-state index contributed by atoms with van der Waals surface area (Å²) in [5, 5.41) is 3.13. The standard InChI is InChI=1S/C12H19N3O2/c1-9(2)15-5-4-13-11(12(15)16)14-7-10-3-6-17-8-10/h4-5,9-10H,3,6-8H2,1-2H3,(H,13,14). The zero-order valence-corrected chi connectivity index (χ0v) is 10.3. The fourth-order valence-corrected chi connectivity index (χ4v) is 1.94. The molecule has 2 rings (SSSR count). The Labute approximate surface area is 101 Å². The van der Waals surface area contributed by atoms with E-state index in [2.05, 4.69) is 10.3 Å². The smallest absolute Gasteiger partial charge is 0.293 e. The summed E-state index contributed by atoms with van der Waals surface area (Å²) in [6, 6.07) is 0.154. The Kier molecular flexibility index (Phi) is 3.78. The second-order valence-corrected chi connectivity index (χ2v) is 4.69. The van der Waals surface area contributed by atoms with Crippen molar-refractivity contribution in [3.8, 4) is 0 Å². The number of nitrogens with zero attached hydrogens (tertiary/aromatic N) is 2. The lowest BCUT2D eigenvalue weighted by atomic mass is 10.1. The van der Waals surface area contributed by atoms with Crippen molar-refractivity contribution in [1.29, 1.82) is 0 Å². The van der Waals surface area contributed by atoms with Crippen LogP contribution in [0.2, 0.25) is 0 Å². The molecule has 0 amide bonds. The van der Waals surface area contributed by atoms with E-state index in [1.165, 1.54) is 0 Å². The molecule has 94 valence electrons. The monoisotopic (exact) mass is 237 g/mol. The van der Waals surface area contributed by atoms with Crippen LogP contribution in [-0.2, 0) is 4.74 Å². The number of ether oxygens (including phenoxy) is 1. The number of anilines is 1. The molecule has 1 N–H and O–H groups in total. The molecule has 1 fully saturated rings. The molecule has 0 aromatic carbocycles. The Hall–Kier alpha value is -1.36. The average molecular weight is 237 g/mol. The molecule has 17 heavy (non-hydrogen) atoms. The predicted molar refractivity (Wildman–Crippen MR) is 66.3 cm³/mol. The SMILES string of the molecule is CC(C)n1ccnc(NCC2CCOC2)c1=O. The maximum absolute atomic E-state index is 12.0. The minimum Gasteiger partial charge on any atom is -0.381 e. The number of nitrogens with one attached hydrogen (secondary N) is 1. The molecule has 0 saturated carbocycles. The lowest BCUT2D eigenvalue weighted by molar-refractivity contribution is 0.187. The minimum absolute atomic E-state index is 0.0542. The normalized spacial score (nSPS) is 19.8. The Morgan fingerprint density at radius 2 is 2.47 bits per heavy atom. The third-order valence-electron chi connectivity index (χ3n) is 3.01. The summed E-state index contributed by atoms with van der Waals surface area (Å²) in [6.07, 6.45) is 4.43. The Balaban J connectivity index is 2.05. The molecular formula is C12H19N3O2. The summed E-state index contributed by atoms with van der Waals surface area (Å²) in [7, 11) is 0. The second kappa shape index (κ2) is 5.31. The van der Waals surface area contributed by atoms with Gasteiger partial charge >= 0.3 is 0 Å². The van der Waals surface area contributed by atoms with Gasteiger partial charge in [-0.3, -0.25) is 4.79 Å². The van der Waals surface area contributed by atoms with E-state index in [0.717, 1.165) is 26.2 Å². The van der Waals surface area contributed by atoms with Gasteiger partial charge in [0.2, 0.25) is 0 Å². The molecule has 1 atom stereocenters. The highest BCUT2D eigenvalue weighted by Gasteiger charge is 2.16. The van der Waals surface area contributed by atoms with Crippen LogP contribution < -0.4 is 10.9 Å². The van der Waals surface area contributed by atoms with Gasteiger partial charge < -0.3 is 14.6 Å². The molecule has 1 aliphatic heterocycles. The lowest BCUT2D eigenvalue weighted by Gasteiger charge is -2.13. The fraction of sp³-hybridized carbons (Fsp3) is 0.667. The van der Waals surface area contributed by atoms with Crippen LogP contribution in [0.5, 0.6) is 0 Å². The van der Waals surface area contributed by atoms with Crippen molar-refractivity contribution in [2.75, 3.05) is 25.1 Å². The molecule has 1 aromatic heterocycles. The van der Waals surface area contributed by atoms with Crippen LogP contribution in [0, 0.1) is 5.92 Å². The van der Waals surface area contributed by atoms with Crippen molar-refractivity contribution in [1.82, 2.24) is 9.55 Å². The van der Waals surface area contributed by atoms with Crippen molar-refractivity contribution in [3.63, 3.8) is 0 Å². The van der Waals surface area contributed by atoms with Gasteiger partial charge in [-0.2, -0.15) is 0 Å². The number of aromatic nitrogens is 2. The summed E-state index contributed by atoms with van der Waals surface area (Å²) in [5.41, 5.74) is -0.0542.